The molecule has 2 amide bonds. The summed E-state index contributed by atoms with van der Waals surface area (Å²) in [4.78, 5) is 39.7. The highest BCUT2D eigenvalue weighted by atomic mass is 16.5. The number of aromatic nitrogens is 2. The molecule has 25 heavy (non-hydrogen) atoms. The Morgan fingerprint density at radius 1 is 1.36 bits per heavy atom. The van der Waals surface area contributed by atoms with Crippen LogP contribution >= 0.6 is 0 Å². The molecule has 2 saturated heterocycles. The molecule has 0 spiro atoms. The number of nitrogens with zero attached hydrogens (tertiary/aromatic N) is 3. The Labute approximate surface area is 146 Å². The molecule has 1 aromatic rings. The van der Waals surface area contributed by atoms with Crippen molar-refractivity contribution in [3.63, 3.8) is 0 Å². The van der Waals surface area contributed by atoms with Gasteiger partial charge in [-0.3, -0.25) is 14.4 Å². The predicted molar refractivity (Wildman–Crippen MR) is 90.1 cm³/mol. The van der Waals surface area contributed by atoms with E-state index in [0.29, 0.717) is 38.6 Å². The average Bonchev–Trinajstić information content (AvgIpc) is 2.63. The van der Waals surface area contributed by atoms with Gasteiger partial charge in [0, 0.05) is 51.9 Å². The van der Waals surface area contributed by atoms with E-state index in [-0.39, 0.29) is 29.1 Å². The largest absolute Gasteiger partial charge is 0.385 e. The summed E-state index contributed by atoms with van der Waals surface area (Å²) in [6.07, 6.45) is 2.95. The van der Waals surface area contributed by atoms with E-state index in [4.69, 9.17) is 4.74 Å². The first-order valence-electron chi connectivity index (χ1n) is 8.73. The number of rotatable bonds is 5. The van der Waals surface area contributed by atoms with Crippen molar-refractivity contribution in [3.05, 3.63) is 28.2 Å². The maximum absolute atomic E-state index is 12.6. The lowest BCUT2D eigenvalue weighted by Gasteiger charge is -2.47. The van der Waals surface area contributed by atoms with Crippen molar-refractivity contribution in [1.82, 2.24) is 20.0 Å². The van der Waals surface area contributed by atoms with E-state index in [1.54, 1.807) is 12.0 Å². The van der Waals surface area contributed by atoms with E-state index in [9.17, 15) is 14.4 Å². The van der Waals surface area contributed by atoms with Gasteiger partial charge in [0.2, 0.25) is 5.91 Å². The smallest absolute Gasteiger partial charge is 0.274 e. The van der Waals surface area contributed by atoms with Crippen LogP contribution in [0.1, 0.15) is 36.2 Å². The zero-order valence-corrected chi connectivity index (χ0v) is 14.4. The number of fused-ring (bicyclic) bond motifs is 1. The molecule has 1 N–H and O–H groups in total. The van der Waals surface area contributed by atoms with E-state index < -0.39 is 0 Å². The molecular formula is C17H24N4O4. The van der Waals surface area contributed by atoms with Crippen LogP contribution in [0.5, 0.6) is 0 Å². The summed E-state index contributed by atoms with van der Waals surface area (Å²) in [5.74, 6) is 0.331. The van der Waals surface area contributed by atoms with Gasteiger partial charge in [0.05, 0.1) is 0 Å². The number of amides is 2. The Morgan fingerprint density at radius 3 is 2.92 bits per heavy atom. The Morgan fingerprint density at radius 2 is 2.20 bits per heavy atom. The lowest BCUT2D eigenvalue weighted by atomic mass is 9.83. The maximum atomic E-state index is 12.6. The van der Waals surface area contributed by atoms with Crippen molar-refractivity contribution in [2.45, 2.75) is 31.7 Å². The summed E-state index contributed by atoms with van der Waals surface area (Å²) in [7, 11) is 1.66. The second-order valence-electron chi connectivity index (χ2n) is 6.65. The Balaban J connectivity index is 1.65. The summed E-state index contributed by atoms with van der Waals surface area (Å²) in [5, 5.41) is 6.13. The van der Waals surface area contributed by atoms with Gasteiger partial charge in [-0.2, -0.15) is 5.10 Å². The highest BCUT2D eigenvalue weighted by Crippen LogP contribution is 2.31. The fraction of sp³-hybridized carbons (Fsp3) is 0.647. The molecule has 0 radical (unpaired) electrons. The number of piperidine rings is 2. The topological polar surface area (TPSA) is 95.6 Å². The summed E-state index contributed by atoms with van der Waals surface area (Å²) in [5.41, 5.74) is -0.0744. The van der Waals surface area contributed by atoms with Gasteiger partial charge in [-0.1, -0.05) is 0 Å². The molecule has 2 fully saturated rings. The van der Waals surface area contributed by atoms with E-state index in [2.05, 4.69) is 10.2 Å². The molecule has 1 aromatic heterocycles. The highest BCUT2D eigenvalue weighted by Gasteiger charge is 2.40. The Kier molecular flexibility index (Phi) is 5.47. The monoisotopic (exact) mass is 348 g/mol. The second-order valence-corrected chi connectivity index (χ2v) is 6.65. The van der Waals surface area contributed by atoms with Crippen molar-refractivity contribution in [3.8, 4) is 0 Å². The molecule has 0 bridgehead atoms. The molecule has 0 aromatic carbocycles. The summed E-state index contributed by atoms with van der Waals surface area (Å²) < 4.78 is 5.09. The zero-order valence-electron chi connectivity index (χ0n) is 14.4. The predicted octanol–water partition coefficient (Wildman–Crippen LogP) is 0.260. The molecular weight excluding hydrogens is 324 g/mol. The van der Waals surface area contributed by atoms with Crippen molar-refractivity contribution in [2.75, 3.05) is 33.4 Å². The quantitative estimate of drug-likeness (QED) is 0.770. The Hall–Kier alpha value is -2.22. The number of hydrogen-bond acceptors (Lipinski definition) is 5. The number of likely N-dealkylation sites (tertiary alicyclic amines) is 2. The van der Waals surface area contributed by atoms with Gasteiger partial charge in [0.15, 0.2) is 0 Å². The van der Waals surface area contributed by atoms with Crippen molar-refractivity contribution in [1.29, 1.82) is 0 Å². The van der Waals surface area contributed by atoms with E-state index >= 15 is 0 Å². The van der Waals surface area contributed by atoms with Crippen molar-refractivity contribution >= 4 is 11.8 Å². The SMILES string of the molecule is COCCCN1C(=O)CCC2CN(C(=O)c3ccc(=O)[nH]n3)CCC21. The number of carbonyl (C=O) groups excluding carboxylic acids is 2. The van der Waals surface area contributed by atoms with Crippen LogP contribution in [0.4, 0.5) is 0 Å². The molecule has 2 unspecified atom stereocenters. The van der Waals surface area contributed by atoms with Gasteiger partial charge >= 0.3 is 0 Å². The summed E-state index contributed by atoms with van der Waals surface area (Å²) >= 11 is 0. The molecule has 3 rings (SSSR count). The third kappa shape index (κ3) is 3.89. The van der Waals surface area contributed by atoms with E-state index in [1.165, 1.54) is 12.1 Å². The van der Waals surface area contributed by atoms with Gasteiger partial charge < -0.3 is 14.5 Å². The number of carbonyl (C=O) groups is 2. The van der Waals surface area contributed by atoms with E-state index in [1.807, 2.05) is 4.90 Å². The number of ether oxygens (including phenoxy) is 1. The van der Waals surface area contributed by atoms with Crippen LogP contribution in [-0.4, -0.2) is 71.2 Å². The van der Waals surface area contributed by atoms with Crippen molar-refractivity contribution < 1.29 is 14.3 Å². The molecule has 136 valence electrons. The third-order valence-electron chi connectivity index (χ3n) is 5.08. The van der Waals surface area contributed by atoms with Gasteiger partial charge in [-0.05, 0) is 31.2 Å². The fourth-order valence-corrected chi connectivity index (χ4v) is 3.83. The normalized spacial score (nSPS) is 23.5. The summed E-state index contributed by atoms with van der Waals surface area (Å²) in [6, 6.07) is 2.96. The van der Waals surface area contributed by atoms with Crippen LogP contribution < -0.4 is 5.56 Å². The summed E-state index contributed by atoms with van der Waals surface area (Å²) in [6.45, 7) is 2.57. The number of nitrogens with one attached hydrogen (secondary N) is 1. The van der Waals surface area contributed by atoms with Gasteiger partial charge in [0.25, 0.3) is 11.5 Å². The van der Waals surface area contributed by atoms with Crippen molar-refractivity contribution in [2.24, 2.45) is 5.92 Å². The number of H-pyrrole nitrogens is 1. The van der Waals surface area contributed by atoms with Crippen LogP contribution in [0, 0.1) is 5.92 Å². The number of aromatic amines is 1. The lowest BCUT2D eigenvalue weighted by molar-refractivity contribution is -0.140. The van der Waals surface area contributed by atoms with Crippen LogP contribution in [0.3, 0.4) is 0 Å². The lowest BCUT2D eigenvalue weighted by Crippen LogP contribution is -2.57. The first-order valence-corrected chi connectivity index (χ1v) is 8.73. The molecule has 2 aliphatic rings. The zero-order chi connectivity index (χ0) is 17.8. The molecule has 2 aliphatic heterocycles. The van der Waals surface area contributed by atoms with Crippen LogP contribution in [0.15, 0.2) is 16.9 Å². The van der Waals surface area contributed by atoms with Crippen LogP contribution in [-0.2, 0) is 9.53 Å². The number of hydrogen-bond donors (Lipinski definition) is 1. The maximum Gasteiger partial charge on any atom is 0.274 e. The average molecular weight is 348 g/mol. The first-order chi connectivity index (χ1) is 12.1. The van der Waals surface area contributed by atoms with Crippen LogP contribution in [0.2, 0.25) is 0 Å². The third-order valence-corrected chi connectivity index (χ3v) is 5.08. The highest BCUT2D eigenvalue weighted by molar-refractivity contribution is 5.92. The minimum absolute atomic E-state index is 0.169. The van der Waals surface area contributed by atoms with Gasteiger partial charge in [-0.25, -0.2) is 5.10 Å². The number of methoxy groups -OCH3 is 1. The van der Waals surface area contributed by atoms with Gasteiger partial charge in [-0.15, -0.1) is 0 Å². The van der Waals surface area contributed by atoms with Gasteiger partial charge in [0.1, 0.15) is 5.69 Å². The Bertz CT molecular complexity index is 669. The first kappa shape index (κ1) is 17.6. The minimum atomic E-state index is -0.326. The minimum Gasteiger partial charge on any atom is -0.385 e. The molecule has 8 heteroatoms. The molecule has 3 heterocycles. The fourth-order valence-electron chi connectivity index (χ4n) is 3.83. The van der Waals surface area contributed by atoms with Crippen LogP contribution in [0.25, 0.3) is 0 Å². The molecule has 0 aliphatic carbocycles. The molecule has 2 atom stereocenters. The molecule has 8 nitrogen and oxygen atoms in total. The molecule has 0 saturated carbocycles. The second kappa shape index (κ2) is 7.77. The standard InChI is InChI=1S/C17H24N4O4/c1-25-10-2-8-21-14-7-9-20(11-12(14)3-6-16(21)23)17(24)13-4-5-15(22)19-18-13/h4-5,12,14H,2-3,6-11H2,1H3,(H,19,22). The van der Waals surface area contributed by atoms with E-state index in [0.717, 1.165) is 19.3 Å².